The number of methoxy groups -OCH3 is 3. The SMILES string of the molecule is COC(=O)c1ccccc1C1=CCC(OC)(OC)CC1. The fourth-order valence-corrected chi connectivity index (χ4v) is 2.56. The number of benzene rings is 1. The van der Waals surface area contributed by atoms with E-state index in [9.17, 15) is 4.79 Å². The highest BCUT2D eigenvalue weighted by Gasteiger charge is 2.32. The summed E-state index contributed by atoms with van der Waals surface area (Å²) in [5.74, 6) is -0.846. The van der Waals surface area contributed by atoms with E-state index in [4.69, 9.17) is 14.2 Å². The van der Waals surface area contributed by atoms with Crippen molar-refractivity contribution in [1.29, 1.82) is 0 Å². The van der Waals surface area contributed by atoms with Crippen LogP contribution in [0.25, 0.3) is 5.57 Å². The maximum atomic E-state index is 11.8. The summed E-state index contributed by atoms with van der Waals surface area (Å²) >= 11 is 0. The largest absolute Gasteiger partial charge is 0.465 e. The third-order valence-corrected chi connectivity index (χ3v) is 3.86. The molecule has 2 rings (SSSR count). The van der Waals surface area contributed by atoms with Gasteiger partial charge < -0.3 is 14.2 Å². The molecule has 1 aromatic carbocycles. The van der Waals surface area contributed by atoms with E-state index in [0.717, 1.165) is 24.0 Å². The summed E-state index contributed by atoms with van der Waals surface area (Å²) in [7, 11) is 4.71. The summed E-state index contributed by atoms with van der Waals surface area (Å²) in [6.07, 6.45) is 4.32. The highest BCUT2D eigenvalue weighted by molar-refractivity contribution is 5.95. The standard InChI is InChI=1S/C16H20O4/c1-18-15(17)14-7-5-4-6-13(14)12-8-10-16(19-2,20-3)11-9-12/h4-8H,9-11H2,1-3H3. The third kappa shape index (κ3) is 2.76. The van der Waals surface area contributed by atoms with E-state index in [2.05, 4.69) is 6.08 Å². The lowest BCUT2D eigenvalue weighted by atomic mass is 9.87. The summed E-state index contributed by atoms with van der Waals surface area (Å²) in [6.45, 7) is 0. The third-order valence-electron chi connectivity index (χ3n) is 3.86. The normalized spacial score (nSPS) is 17.4. The molecule has 0 spiro atoms. The van der Waals surface area contributed by atoms with E-state index >= 15 is 0 Å². The van der Waals surface area contributed by atoms with Gasteiger partial charge in [0, 0.05) is 27.1 Å². The first kappa shape index (κ1) is 14.8. The number of allylic oxidation sites excluding steroid dienone is 1. The van der Waals surface area contributed by atoms with Crippen LogP contribution in [0.2, 0.25) is 0 Å². The van der Waals surface area contributed by atoms with E-state index < -0.39 is 5.79 Å². The quantitative estimate of drug-likeness (QED) is 0.626. The van der Waals surface area contributed by atoms with Gasteiger partial charge in [0.05, 0.1) is 12.7 Å². The average Bonchev–Trinajstić information content (AvgIpc) is 2.54. The fraction of sp³-hybridized carbons (Fsp3) is 0.438. The van der Waals surface area contributed by atoms with Crippen LogP contribution >= 0.6 is 0 Å². The van der Waals surface area contributed by atoms with Gasteiger partial charge in [-0.3, -0.25) is 0 Å². The lowest BCUT2D eigenvalue weighted by molar-refractivity contribution is -0.208. The van der Waals surface area contributed by atoms with Gasteiger partial charge in [-0.25, -0.2) is 4.79 Å². The fourth-order valence-electron chi connectivity index (χ4n) is 2.56. The molecule has 20 heavy (non-hydrogen) atoms. The van der Waals surface area contributed by atoms with Gasteiger partial charge in [-0.2, -0.15) is 0 Å². The molecule has 4 nitrogen and oxygen atoms in total. The molecule has 4 heteroatoms. The summed E-state index contributed by atoms with van der Waals surface area (Å²) in [4.78, 5) is 11.8. The second kappa shape index (κ2) is 6.20. The van der Waals surface area contributed by atoms with Gasteiger partial charge in [-0.1, -0.05) is 24.3 Å². The Morgan fingerprint density at radius 2 is 1.85 bits per heavy atom. The van der Waals surface area contributed by atoms with Gasteiger partial charge in [-0.05, 0) is 23.6 Å². The lowest BCUT2D eigenvalue weighted by Crippen LogP contribution is -2.35. The van der Waals surface area contributed by atoms with Crippen LogP contribution in [0.4, 0.5) is 0 Å². The number of esters is 1. The van der Waals surface area contributed by atoms with Crippen LogP contribution in [0.15, 0.2) is 30.3 Å². The number of hydrogen-bond donors (Lipinski definition) is 0. The van der Waals surface area contributed by atoms with Gasteiger partial charge in [0.25, 0.3) is 0 Å². The molecule has 0 saturated heterocycles. The molecule has 0 bridgehead atoms. The Hall–Kier alpha value is -1.65. The maximum absolute atomic E-state index is 11.8. The molecule has 0 atom stereocenters. The van der Waals surface area contributed by atoms with Crippen LogP contribution < -0.4 is 0 Å². The van der Waals surface area contributed by atoms with Gasteiger partial charge >= 0.3 is 5.97 Å². The molecule has 1 aliphatic rings. The molecule has 1 aliphatic carbocycles. The second-order valence-corrected chi connectivity index (χ2v) is 4.79. The van der Waals surface area contributed by atoms with Crippen molar-refractivity contribution in [2.75, 3.05) is 21.3 Å². The van der Waals surface area contributed by atoms with E-state index in [0.29, 0.717) is 12.0 Å². The van der Waals surface area contributed by atoms with Crippen molar-refractivity contribution in [2.45, 2.75) is 25.0 Å². The van der Waals surface area contributed by atoms with Crippen molar-refractivity contribution in [3.05, 3.63) is 41.5 Å². The second-order valence-electron chi connectivity index (χ2n) is 4.79. The number of carbonyl (C=O) groups is 1. The van der Waals surface area contributed by atoms with Crippen LogP contribution in [0.1, 0.15) is 35.2 Å². The number of hydrogen-bond acceptors (Lipinski definition) is 4. The van der Waals surface area contributed by atoms with Crippen molar-refractivity contribution in [2.24, 2.45) is 0 Å². The van der Waals surface area contributed by atoms with E-state index in [1.165, 1.54) is 7.11 Å². The molecule has 0 saturated carbocycles. The Morgan fingerprint density at radius 1 is 1.15 bits per heavy atom. The Morgan fingerprint density at radius 3 is 2.40 bits per heavy atom. The Bertz CT molecular complexity index is 515. The molecule has 0 aromatic heterocycles. The van der Waals surface area contributed by atoms with Crippen molar-refractivity contribution in [1.82, 2.24) is 0 Å². The smallest absolute Gasteiger partial charge is 0.338 e. The minimum atomic E-state index is -0.538. The Balaban J connectivity index is 2.30. The van der Waals surface area contributed by atoms with Gasteiger partial charge in [-0.15, -0.1) is 0 Å². The average molecular weight is 276 g/mol. The van der Waals surface area contributed by atoms with Crippen molar-refractivity contribution < 1.29 is 19.0 Å². The zero-order valence-electron chi connectivity index (χ0n) is 12.1. The summed E-state index contributed by atoms with van der Waals surface area (Å²) in [5.41, 5.74) is 2.67. The molecule has 108 valence electrons. The van der Waals surface area contributed by atoms with Crippen LogP contribution in [-0.2, 0) is 14.2 Å². The Kier molecular flexibility index (Phi) is 4.57. The van der Waals surface area contributed by atoms with Crippen LogP contribution in [0.3, 0.4) is 0 Å². The predicted octanol–water partition coefficient (Wildman–Crippen LogP) is 3.03. The number of ether oxygens (including phenoxy) is 3. The highest BCUT2D eigenvalue weighted by atomic mass is 16.7. The zero-order chi connectivity index (χ0) is 14.6. The summed E-state index contributed by atoms with van der Waals surface area (Å²) < 4.78 is 15.7. The van der Waals surface area contributed by atoms with Gasteiger partial charge in [0.15, 0.2) is 5.79 Å². The molecule has 0 aliphatic heterocycles. The number of rotatable bonds is 4. The highest BCUT2D eigenvalue weighted by Crippen LogP contribution is 2.36. The minimum absolute atomic E-state index is 0.309. The predicted molar refractivity (Wildman–Crippen MR) is 76.4 cm³/mol. The van der Waals surface area contributed by atoms with E-state index in [1.54, 1.807) is 20.3 Å². The molecule has 0 unspecified atom stereocenters. The first-order chi connectivity index (χ1) is 9.65. The minimum Gasteiger partial charge on any atom is -0.465 e. The van der Waals surface area contributed by atoms with E-state index in [-0.39, 0.29) is 5.97 Å². The topological polar surface area (TPSA) is 44.8 Å². The maximum Gasteiger partial charge on any atom is 0.338 e. The van der Waals surface area contributed by atoms with Gasteiger partial charge in [0.2, 0.25) is 0 Å². The molecule has 0 amide bonds. The molecule has 0 radical (unpaired) electrons. The molecular weight excluding hydrogens is 256 g/mol. The van der Waals surface area contributed by atoms with E-state index in [1.807, 2.05) is 18.2 Å². The zero-order valence-corrected chi connectivity index (χ0v) is 12.1. The molecular formula is C16H20O4. The van der Waals surface area contributed by atoms with Crippen molar-refractivity contribution in [3.63, 3.8) is 0 Å². The molecule has 1 aromatic rings. The Labute approximate surface area is 119 Å². The van der Waals surface area contributed by atoms with Crippen molar-refractivity contribution >= 4 is 11.5 Å². The van der Waals surface area contributed by atoms with Crippen molar-refractivity contribution in [3.8, 4) is 0 Å². The van der Waals surface area contributed by atoms with Crippen LogP contribution in [0, 0.1) is 0 Å². The first-order valence-electron chi connectivity index (χ1n) is 6.63. The summed E-state index contributed by atoms with van der Waals surface area (Å²) in [6, 6.07) is 7.51. The lowest BCUT2D eigenvalue weighted by Gasteiger charge is -2.34. The monoisotopic (exact) mass is 276 g/mol. The van der Waals surface area contributed by atoms with Crippen LogP contribution in [0.5, 0.6) is 0 Å². The number of carbonyl (C=O) groups excluding carboxylic acids is 1. The van der Waals surface area contributed by atoms with Crippen LogP contribution in [-0.4, -0.2) is 33.1 Å². The summed E-state index contributed by atoms with van der Waals surface area (Å²) in [5, 5.41) is 0. The van der Waals surface area contributed by atoms with Gasteiger partial charge in [0.1, 0.15) is 0 Å². The first-order valence-corrected chi connectivity index (χ1v) is 6.63. The molecule has 0 fully saturated rings. The molecule has 0 heterocycles. The molecule has 0 N–H and O–H groups in total.